The molecular formula is C14H17ClN2OS. The zero-order valence-corrected chi connectivity index (χ0v) is 12.6. The third-order valence-electron chi connectivity index (χ3n) is 2.90. The summed E-state index contributed by atoms with van der Waals surface area (Å²) in [6.45, 7) is 4.93. The molecule has 1 amide bonds. The SMILES string of the molecule is CC(C)CCNC(=O)c1sc2ccc(Cl)cc2c1N. The summed E-state index contributed by atoms with van der Waals surface area (Å²) in [6.07, 6.45) is 0.961. The molecule has 19 heavy (non-hydrogen) atoms. The number of fused-ring (bicyclic) bond motifs is 1. The van der Waals surface area contributed by atoms with Gasteiger partial charge in [-0.15, -0.1) is 11.3 Å². The van der Waals surface area contributed by atoms with Gasteiger partial charge < -0.3 is 11.1 Å². The minimum atomic E-state index is -0.101. The first-order valence-electron chi connectivity index (χ1n) is 6.24. The normalized spacial score (nSPS) is 11.2. The van der Waals surface area contributed by atoms with Gasteiger partial charge in [0.05, 0.1) is 5.69 Å². The first-order valence-corrected chi connectivity index (χ1v) is 7.44. The molecule has 2 aromatic rings. The summed E-state index contributed by atoms with van der Waals surface area (Å²) in [7, 11) is 0. The van der Waals surface area contributed by atoms with E-state index in [1.807, 2.05) is 6.07 Å². The molecule has 102 valence electrons. The molecule has 5 heteroatoms. The average Bonchev–Trinajstić information content (AvgIpc) is 2.66. The Morgan fingerprint density at radius 3 is 2.89 bits per heavy atom. The summed E-state index contributed by atoms with van der Waals surface area (Å²) in [6, 6.07) is 5.50. The summed E-state index contributed by atoms with van der Waals surface area (Å²) in [4.78, 5) is 12.7. The summed E-state index contributed by atoms with van der Waals surface area (Å²) >= 11 is 7.35. The number of amides is 1. The second-order valence-electron chi connectivity index (χ2n) is 4.92. The number of benzene rings is 1. The number of halogens is 1. The van der Waals surface area contributed by atoms with Crippen LogP contribution in [0.15, 0.2) is 18.2 Å². The van der Waals surface area contributed by atoms with Crippen molar-refractivity contribution in [3.05, 3.63) is 28.1 Å². The summed E-state index contributed by atoms with van der Waals surface area (Å²) in [5, 5.41) is 4.39. The molecule has 3 nitrogen and oxygen atoms in total. The van der Waals surface area contributed by atoms with Gasteiger partial charge in [0.25, 0.3) is 5.91 Å². The fourth-order valence-electron chi connectivity index (χ4n) is 1.81. The maximum atomic E-state index is 12.1. The van der Waals surface area contributed by atoms with Crippen molar-refractivity contribution in [3.8, 4) is 0 Å². The molecular weight excluding hydrogens is 280 g/mol. The van der Waals surface area contributed by atoms with Crippen LogP contribution in [-0.2, 0) is 0 Å². The van der Waals surface area contributed by atoms with Crippen molar-refractivity contribution in [2.45, 2.75) is 20.3 Å². The first-order chi connectivity index (χ1) is 8.99. The Morgan fingerprint density at radius 2 is 2.21 bits per heavy atom. The molecule has 0 unspecified atom stereocenters. The third-order valence-corrected chi connectivity index (χ3v) is 4.32. The van der Waals surface area contributed by atoms with Gasteiger partial charge in [-0.2, -0.15) is 0 Å². The lowest BCUT2D eigenvalue weighted by Crippen LogP contribution is -2.25. The highest BCUT2D eigenvalue weighted by atomic mass is 35.5. The zero-order valence-electron chi connectivity index (χ0n) is 11.0. The quantitative estimate of drug-likeness (QED) is 0.898. The molecule has 0 saturated carbocycles. The van der Waals surface area contributed by atoms with Crippen molar-refractivity contribution in [2.24, 2.45) is 5.92 Å². The highest BCUT2D eigenvalue weighted by Gasteiger charge is 2.16. The van der Waals surface area contributed by atoms with E-state index in [9.17, 15) is 4.79 Å². The highest BCUT2D eigenvalue weighted by Crippen LogP contribution is 2.35. The van der Waals surface area contributed by atoms with Crippen LogP contribution in [0.5, 0.6) is 0 Å². The van der Waals surface area contributed by atoms with E-state index >= 15 is 0 Å². The van der Waals surface area contributed by atoms with E-state index in [4.69, 9.17) is 17.3 Å². The largest absolute Gasteiger partial charge is 0.397 e. The number of anilines is 1. The molecule has 0 aliphatic rings. The molecule has 0 bridgehead atoms. The molecule has 1 heterocycles. The van der Waals surface area contributed by atoms with Gasteiger partial charge in [-0.25, -0.2) is 0 Å². The van der Waals surface area contributed by atoms with Gasteiger partial charge in [0.1, 0.15) is 4.88 Å². The van der Waals surface area contributed by atoms with Crippen molar-refractivity contribution in [1.82, 2.24) is 5.32 Å². The minimum Gasteiger partial charge on any atom is -0.397 e. The van der Waals surface area contributed by atoms with Crippen molar-refractivity contribution < 1.29 is 4.79 Å². The van der Waals surface area contributed by atoms with Crippen LogP contribution in [-0.4, -0.2) is 12.5 Å². The van der Waals surface area contributed by atoms with Crippen molar-refractivity contribution >= 4 is 44.6 Å². The molecule has 3 N–H and O–H groups in total. The van der Waals surface area contributed by atoms with Gasteiger partial charge in [0, 0.05) is 21.7 Å². The number of nitrogens with one attached hydrogen (secondary N) is 1. The molecule has 0 aliphatic heterocycles. The lowest BCUT2D eigenvalue weighted by Gasteiger charge is -2.06. The van der Waals surface area contributed by atoms with Gasteiger partial charge in [-0.05, 0) is 30.5 Å². The van der Waals surface area contributed by atoms with Crippen molar-refractivity contribution in [2.75, 3.05) is 12.3 Å². The van der Waals surface area contributed by atoms with Gasteiger partial charge in [0.15, 0.2) is 0 Å². The third kappa shape index (κ3) is 3.19. The molecule has 2 rings (SSSR count). The number of rotatable bonds is 4. The number of hydrogen-bond donors (Lipinski definition) is 2. The molecule has 1 aromatic heterocycles. The molecule has 0 fully saturated rings. The highest BCUT2D eigenvalue weighted by molar-refractivity contribution is 7.21. The standard InChI is InChI=1S/C14H17ClN2OS/c1-8(2)5-6-17-14(18)13-12(16)10-7-9(15)3-4-11(10)19-13/h3-4,7-8H,5-6,16H2,1-2H3,(H,17,18). The Bertz CT molecular complexity index is 607. The number of carbonyl (C=O) groups is 1. The number of hydrogen-bond acceptors (Lipinski definition) is 3. The Kier molecular flexibility index (Phi) is 4.32. The Labute approximate surface area is 121 Å². The van der Waals surface area contributed by atoms with Gasteiger partial charge in [-0.3, -0.25) is 4.79 Å². The van der Waals surface area contributed by atoms with E-state index in [1.54, 1.807) is 12.1 Å². The minimum absolute atomic E-state index is 0.101. The van der Waals surface area contributed by atoms with Gasteiger partial charge >= 0.3 is 0 Å². The smallest absolute Gasteiger partial charge is 0.263 e. The van der Waals surface area contributed by atoms with Crippen LogP contribution < -0.4 is 11.1 Å². The first kappa shape index (κ1) is 14.2. The lowest BCUT2D eigenvalue weighted by molar-refractivity contribution is 0.0957. The molecule has 0 radical (unpaired) electrons. The lowest BCUT2D eigenvalue weighted by atomic mass is 10.1. The monoisotopic (exact) mass is 296 g/mol. The summed E-state index contributed by atoms with van der Waals surface area (Å²) in [5.74, 6) is 0.467. The van der Waals surface area contributed by atoms with Crippen LogP contribution >= 0.6 is 22.9 Å². The second-order valence-corrected chi connectivity index (χ2v) is 6.41. The van der Waals surface area contributed by atoms with Crippen LogP contribution in [0.25, 0.3) is 10.1 Å². The fraction of sp³-hybridized carbons (Fsp3) is 0.357. The topological polar surface area (TPSA) is 55.1 Å². The van der Waals surface area contributed by atoms with E-state index < -0.39 is 0 Å². The molecule has 1 aromatic carbocycles. The van der Waals surface area contributed by atoms with Gasteiger partial charge in [-0.1, -0.05) is 25.4 Å². The molecule has 0 atom stereocenters. The van der Waals surface area contributed by atoms with Crippen LogP contribution in [0.1, 0.15) is 29.9 Å². The molecule has 0 aliphatic carbocycles. The summed E-state index contributed by atoms with van der Waals surface area (Å²) in [5.41, 5.74) is 6.55. The Balaban J connectivity index is 2.20. The number of carbonyl (C=O) groups excluding carboxylic acids is 1. The maximum Gasteiger partial charge on any atom is 0.263 e. The van der Waals surface area contributed by atoms with E-state index in [0.29, 0.717) is 28.0 Å². The number of nitrogens with two attached hydrogens (primary N) is 1. The number of thiophene rings is 1. The number of nitrogen functional groups attached to an aromatic ring is 1. The van der Waals surface area contributed by atoms with Crippen LogP contribution in [0, 0.1) is 5.92 Å². The van der Waals surface area contributed by atoms with E-state index in [2.05, 4.69) is 19.2 Å². The van der Waals surface area contributed by atoms with Crippen LogP contribution in [0.2, 0.25) is 5.02 Å². The van der Waals surface area contributed by atoms with E-state index in [1.165, 1.54) is 11.3 Å². The molecule has 0 spiro atoms. The molecule has 0 saturated heterocycles. The zero-order chi connectivity index (χ0) is 14.0. The Morgan fingerprint density at radius 1 is 1.47 bits per heavy atom. The van der Waals surface area contributed by atoms with Crippen molar-refractivity contribution in [3.63, 3.8) is 0 Å². The predicted octanol–water partition coefficient (Wildman–Crippen LogP) is 3.91. The average molecular weight is 297 g/mol. The van der Waals surface area contributed by atoms with Crippen molar-refractivity contribution in [1.29, 1.82) is 0 Å². The van der Waals surface area contributed by atoms with Crippen LogP contribution in [0.4, 0.5) is 5.69 Å². The summed E-state index contributed by atoms with van der Waals surface area (Å²) < 4.78 is 0.982. The Hall–Kier alpha value is -1.26. The van der Waals surface area contributed by atoms with E-state index in [-0.39, 0.29) is 5.91 Å². The fourth-order valence-corrected chi connectivity index (χ4v) is 3.00. The second kappa shape index (κ2) is 5.80. The maximum absolute atomic E-state index is 12.1. The van der Waals surface area contributed by atoms with Gasteiger partial charge in [0.2, 0.25) is 0 Å². The predicted molar refractivity (Wildman–Crippen MR) is 83.0 cm³/mol. The van der Waals surface area contributed by atoms with Crippen LogP contribution in [0.3, 0.4) is 0 Å². The van der Waals surface area contributed by atoms with E-state index in [0.717, 1.165) is 16.5 Å².